The lowest BCUT2D eigenvalue weighted by molar-refractivity contribution is -0.143. The Bertz CT molecular complexity index is 968. The van der Waals surface area contributed by atoms with Gasteiger partial charge in [-0.1, -0.05) is 18.1 Å². The van der Waals surface area contributed by atoms with E-state index in [-0.39, 0.29) is 18.1 Å². The minimum Gasteiger partial charge on any atom is -0.490 e. The molecule has 1 heterocycles. The van der Waals surface area contributed by atoms with Crippen LogP contribution < -0.4 is 10.1 Å². The summed E-state index contributed by atoms with van der Waals surface area (Å²) in [5.74, 6) is -0.352. The lowest BCUT2D eigenvalue weighted by atomic mass is 9.87. The number of aliphatic carboxylic acids is 1. The second kappa shape index (κ2) is 10.2. The Balaban J connectivity index is 1.38. The van der Waals surface area contributed by atoms with Crippen LogP contribution in [-0.2, 0) is 18.4 Å². The van der Waals surface area contributed by atoms with Crippen LogP contribution in [0, 0.1) is 5.92 Å². The summed E-state index contributed by atoms with van der Waals surface area (Å²) in [6, 6.07) is 7.84. The number of nitrogens with one attached hydrogen (secondary N) is 1. The highest BCUT2D eigenvalue weighted by atomic mass is 16.5. The Labute approximate surface area is 194 Å². The zero-order valence-electron chi connectivity index (χ0n) is 19.4. The number of benzene rings is 1. The van der Waals surface area contributed by atoms with E-state index >= 15 is 0 Å². The van der Waals surface area contributed by atoms with E-state index in [1.54, 1.807) is 4.68 Å². The van der Waals surface area contributed by atoms with Gasteiger partial charge in [0.05, 0.1) is 24.3 Å². The molecule has 1 aromatic carbocycles. The number of carbonyl (C=O) groups excluding carboxylic acids is 1. The van der Waals surface area contributed by atoms with Gasteiger partial charge in [-0.25, -0.2) is 9.48 Å². The molecule has 2 atom stereocenters. The Morgan fingerprint density at radius 3 is 2.58 bits per heavy atom. The Kier molecular flexibility index (Phi) is 7.15. The molecule has 2 aliphatic rings. The van der Waals surface area contributed by atoms with Crippen molar-refractivity contribution >= 4 is 12.0 Å². The molecule has 9 heteroatoms. The van der Waals surface area contributed by atoms with Crippen molar-refractivity contribution in [3.8, 4) is 17.0 Å². The highest BCUT2D eigenvalue weighted by molar-refractivity contribution is 5.74. The molecule has 2 aromatic rings. The summed E-state index contributed by atoms with van der Waals surface area (Å²) < 4.78 is 7.73. The number of carbonyl (C=O) groups is 2. The fourth-order valence-electron chi connectivity index (χ4n) is 4.90. The van der Waals surface area contributed by atoms with Crippen LogP contribution in [-0.4, -0.2) is 56.2 Å². The molecule has 4 rings (SSSR count). The summed E-state index contributed by atoms with van der Waals surface area (Å²) in [6.45, 7) is 0.339. The van der Waals surface area contributed by atoms with Crippen molar-refractivity contribution in [2.24, 2.45) is 13.0 Å². The number of aromatic nitrogens is 3. The van der Waals surface area contributed by atoms with Gasteiger partial charge in [0.1, 0.15) is 11.4 Å². The van der Waals surface area contributed by atoms with Gasteiger partial charge in [0.2, 0.25) is 0 Å². The highest BCUT2D eigenvalue weighted by Gasteiger charge is 2.28. The van der Waals surface area contributed by atoms with Crippen LogP contribution in [0.2, 0.25) is 0 Å². The first kappa shape index (κ1) is 23.1. The number of urea groups is 1. The maximum absolute atomic E-state index is 12.6. The Hall–Kier alpha value is -3.10. The van der Waals surface area contributed by atoms with Gasteiger partial charge in [-0.05, 0) is 62.8 Å². The standard InChI is InChI=1S/C24H33N5O4/c1-28(18-7-3-4-8-18)24(32)25-15-21-22(26-27-29(21)2)16-10-12-19(13-11-16)33-20-9-5-6-17(14-20)23(30)31/h10-13,17-18,20H,3-9,14-15H2,1-2H3,(H,25,32)(H,30,31)/t17-,20-/m0/s1. The van der Waals surface area contributed by atoms with E-state index in [4.69, 9.17) is 4.74 Å². The third-order valence-corrected chi connectivity index (χ3v) is 6.95. The molecule has 2 N–H and O–H groups in total. The van der Waals surface area contributed by atoms with Crippen molar-refractivity contribution in [1.82, 2.24) is 25.2 Å². The molecule has 2 amide bonds. The normalized spacial score (nSPS) is 21.0. The molecule has 1 aromatic heterocycles. The van der Waals surface area contributed by atoms with Crippen molar-refractivity contribution in [3.63, 3.8) is 0 Å². The highest BCUT2D eigenvalue weighted by Crippen LogP contribution is 2.30. The molecular weight excluding hydrogens is 422 g/mol. The van der Waals surface area contributed by atoms with Gasteiger partial charge in [-0.15, -0.1) is 5.10 Å². The maximum atomic E-state index is 12.6. The molecule has 0 bridgehead atoms. The first-order valence-electron chi connectivity index (χ1n) is 11.8. The van der Waals surface area contributed by atoms with Crippen LogP contribution in [0.5, 0.6) is 5.75 Å². The summed E-state index contributed by atoms with van der Waals surface area (Å²) in [5.41, 5.74) is 2.43. The van der Waals surface area contributed by atoms with Crippen molar-refractivity contribution in [2.45, 2.75) is 70.1 Å². The van der Waals surface area contributed by atoms with Crippen molar-refractivity contribution in [3.05, 3.63) is 30.0 Å². The van der Waals surface area contributed by atoms with Crippen molar-refractivity contribution in [1.29, 1.82) is 0 Å². The number of hydrogen-bond donors (Lipinski definition) is 2. The first-order valence-corrected chi connectivity index (χ1v) is 11.8. The van der Waals surface area contributed by atoms with Crippen molar-refractivity contribution in [2.75, 3.05) is 7.05 Å². The molecule has 33 heavy (non-hydrogen) atoms. The largest absolute Gasteiger partial charge is 0.490 e. The first-order chi connectivity index (χ1) is 15.9. The summed E-state index contributed by atoms with van der Waals surface area (Å²) in [6.07, 6.45) is 7.40. The summed E-state index contributed by atoms with van der Waals surface area (Å²) in [4.78, 5) is 25.7. The van der Waals surface area contributed by atoms with Crippen LogP contribution in [0.4, 0.5) is 4.79 Å². The van der Waals surface area contributed by atoms with Gasteiger partial charge in [-0.3, -0.25) is 4.79 Å². The molecule has 0 radical (unpaired) electrons. The van der Waals surface area contributed by atoms with E-state index < -0.39 is 5.97 Å². The van der Waals surface area contributed by atoms with E-state index in [0.29, 0.717) is 24.8 Å². The molecule has 9 nitrogen and oxygen atoms in total. The number of amides is 2. The number of carboxylic acids is 1. The summed E-state index contributed by atoms with van der Waals surface area (Å²) >= 11 is 0. The average molecular weight is 456 g/mol. The van der Waals surface area contributed by atoms with Crippen LogP contribution in [0.1, 0.15) is 57.1 Å². The van der Waals surface area contributed by atoms with Gasteiger partial charge in [0.25, 0.3) is 0 Å². The molecule has 2 fully saturated rings. The van der Waals surface area contributed by atoms with Gasteiger partial charge in [-0.2, -0.15) is 0 Å². The smallest absolute Gasteiger partial charge is 0.317 e. The van der Waals surface area contributed by atoms with E-state index in [1.807, 2.05) is 43.3 Å². The zero-order valence-corrected chi connectivity index (χ0v) is 19.4. The fourth-order valence-corrected chi connectivity index (χ4v) is 4.90. The van der Waals surface area contributed by atoms with Gasteiger partial charge in [0.15, 0.2) is 0 Å². The Morgan fingerprint density at radius 1 is 1.15 bits per heavy atom. The van der Waals surface area contributed by atoms with E-state index in [9.17, 15) is 14.7 Å². The number of carboxylic acid groups (broad SMARTS) is 1. The lowest BCUT2D eigenvalue weighted by Gasteiger charge is -2.27. The molecule has 0 saturated heterocycles. The predicted molar refractivity (Wildman–Crippen MR) is 123 cm³/mol. The maximum Gasteiger partial charge on any atom is 0.317 e. The number of hydrogen-bond acceptors (Lipinski definition) is 5. The second-order valence-corrected chi connectivity index (χ2v) is 9.18. The molecule has 2 aliphatic carbocycles. The Morgan fingerprint density at radius 2 is 1.88 bits per heavy atom. The summed E-state index contributed by atoms with van der Waals surface area (Å²) in [5, 5.41) is 20.7. The fraction of sp³-hybridized carbons (Fsp3) is 0.583. The summed E-state index contributed by atoms with van der Waals surface area (Å²) in [7, 11) is 3.68. The minimum atomic E-state index is -0.740. The van der Waals surface area contributed by atoms with Gasteiger partial charge >= 0.3 is 12.0 Å². The monoisotopic (exact) mass is 455 g/mol. The number of aryl methyl sites for hydroxylation is 1. The van der Waals surface area contributed by atoms with Crippen LogP contribution in [0.25, 0.3) is 11.3 Å². The third-order valence-electron chi connectivity index (χ3n) is 6.95. The van der Waals surface area contributed by atoms with Crippen LogP contribution in [0.15, 0.2) is 24.3 Å². The van der Waals surface area contributed by atoms with Crippen molar-refractivity contribution < 1.29 is 19.4 Å². The zero-order chi connectivity index (χ0) is 23.4. The SMILES string of the molecule is CN(C(=O)NCc1c(-c2ccc(O[C@H]3CCC[C@H](C(=O)O)C3)cc2)nnn1C)C1CCCC1. The van der Waals surface area contributed by atoms with Gasteiger partial charge < -0.3 is 20.1 Å². The third kappa shape index (κ3) is 5.46. The van der Waals surface area contributed by atoms with Gasteiger partial charge in [0, 0.05) is 25.7 Å². The molecule has 0 unspecified atom stereocenters. The second-order valence-electron chi connectivity index (χ2n) is 9.18. The molecule has 2 saturated carbocycles. The predicted octanol–water partition coefficient (Wildman–Crippen LogP) is 3.59. The van der Waals surface area contributed by atoms with E-state index in [0.717, 1.165) is 49.1 Å². The molecule has 178 valence electrons. The topological polar surface area (TPSA) is 110 Å². The quantitative estimate of drug-likeness (QED) is 0.660. The lowest BCUT2D eigenvalue weighted by Crippen LogP contribution is -2.42. The molecule has 0 spiro atoms. The number of ether oxygens (including phenoxy) is 1. The average Bonchev–Trinajstić information content (AvgIpc) is 3.48. The molecule has 0 aliphatic heterocycles. The van der Waals surface area contributed by atoms with Crippen LogP contribution in [0.3, 0.4) is 0 Å². The minimum absolute atomic E-state index is 0.0788. The number of nitrogens with zero attached hydrogens (tertiary/aromatic N) is 4. The number of rotatable bonds is 7. The van der Waals surface area contributed by atoms with E-state index in [2.05, 4.69) is 15.6 Å². The van der Waals surface area contributed by atoms with Crippen LogP contribution >= 0.6 is 0 Å². The molecular formula is C24H33N5O4. The van der Waals surface area contributed by atoms with E-state index in [1.165, 1.54) is 12.8 Å².